The van der Waals surface area contributed by atoms with Gasteiger partial charge in [0.15, 0.2) is 6.10 Å². The van der Waals surface area contributed by atoms with E-state index in [1.165, 1.54) is 25.1 Å². The zero-order chi connectivity index (χ0) is 16.0. The molecule has 0 aliphatic carbocycles. The maximum absolute atomic E-state index is 11.9. The fraction of sp³-hybridized carbons (Fsp3) is 0.308. The second kappa shape index (κ2) is 7.49. The lowest BCUT2D eigenvalue weighted by Gasteiger charge is -2.14. The van der Waals surface area contributed by atoms with Gasteiger partial charge < -0.3 is 15.8 Å². The van der Waals surface area contributed by atoms with E-state index in [0.29, 0.717) is 11.6 Å². The minimum absolute atomic E-state index is 0.0557. The van der Waals surface area contributed by atoms with E-state index in [4.69, 9.17) is 22.1 Å². The quantitative estimate of drug-likeness (QED) is 0.573. The van der Waals surface area contributed by atoms with E-state index in [2.05, 4.69) is 5.32 Å². The van der Waals surface area contributed by atoms with Crippen LogP contribution in [0.2, 0.25) is 5.02 Å². The highest BCUT2D eigenvalue weighted by Crippen LogP contribution is 2.19. The highest BCUT2D eigenvalue weighted by atomic mass is 35.5. The van der Waals surface area contributed by atoms with Crippen LogP contribution < -0.4 is 16.4 Å². The van der Waals surface area contributed by atoms with E-state index in [0.717, 1.165) is 0 Å². The van der Waals surface area contributed by atoms with Crippen molar-refractivity contribution in [1.29, 1.82) is 0 Å². The average Bonchev–Trinajstić information content (AvgIpc) is 2.41. The third-order valence-electron chi connectivity index (χ3n) is 2.46. The summed E-state index contributed by atoms with van der Waals surface area (Å²) in [5.41, 5.74) is 5.88. The number of carbonyl (C=O) groups is 3. The van der Waals surface area contributed by atoms with Gasteiger partial charge in [0.2, 0.25) is 0 Å². The van der Waals surface area contributed by atoms with Crippen LogP contribution in [0.4, 0.5) is 10.5 Å². The smallest absolute Gasteiger partial charge is 0.341 e. The number of urea groups is 1. The highest BCUT2D eigenvalue weighted by molar-refractivity contribution is 6.31. The topological polar surface area (TPSA) is 111 Å². The summed E-state index contributed by atoms with van der Waals surface area (Å²) >= 11 is 5.77. The first-order valence-corrected chi connectivity index (χ1v) is 6.57. The fourth-order valence-corrected chi connectivity index (χ4v) is 1.57. The molecule has 1 rings (SSSR count). The van der Waals surface area contributed by atoms with Crippen molar-refractivity contribution in [2.75, 3.05) is 12.3 Å². The molecule has 0 radical (unpaired) electrons. The Hall–Kier alpha value is -2.28. The number of amides is 3. The Kier molecular flexibility index (Phi) is 5.98. The Bertz CT molecular complexity index is 562. The zero-order valence-corrected chi connectivity index (χ0v) is 12.4. The lowest BCUT2D eigenvalue weighted by Crippen LogP contribution is -2.44. The number of esters is 1. The molecule has 1 aromatic carbocycles. The van der Waals surface area contributed by atoms with Gasteiger partial charge >= 0.3 is 12.0 Å². The van der Waals surface area contributed by atoms with E-state index < -0.39 is 24.0 Å². The van der Waals surface area contributed by atoms with Gasteiger partial charge in [-0.25, -0.2) is 9.59 Å². The number of nitrogen functional groups attached to an aromatic ring is 1. The molecule has 0 heterocycles. The maximum atomic E-state index is 11.9. The second-order valence-electron chi connectivity index (χ2n) is 4.13. The normalized spacial score (nSPS) is 11.4. The van der Waals surface area contributed by atoms with Gasteiger partial charge in [0.1, 0.15) is 0 Å². The molecule has 0 aliphatic rings. The first-order valence-electron chi connectivity index (χ1n) is 6.19. The van der Waals surface area contributed by atoms with Gasteiger partial charge in [-0.1, -0.05) is 11.6 Å². The summed E-state index contributed by atoms with van der Waals surface area (Å²) in [6, 6.07) is 3.66. The van der Waals surface area contributed by atoms with E-state index in [-0.39, 0.29) is 11.3 Å². The molecule has 0 fully saturated rings. The molecular formula is C13H16ClN3O4. The van der Waals surface area contributed by atoms with E-state index in [9.17, 15) is 14.4 Å². The SMILES string of the molecule is CCNC(=O)NC(=O)C(C)OC(=O)c1cc(Cl)ccc1N. The summed E-state index contributed by atoms with van der Waals surface area (Å²) in [6.07, 6.45) is -1.15. The minimum Gasteiger partial charge on any atom is -0.449 e. The summed E-state index contributed by atoms with van der Waals surface area (Å²) in [7, 11) is 0. The van der Waals surface area contributed by atoms with Crippen molar-refractivity contribution in [2.24, 2.45) is 0 Å². The molecule has 1 unspecified atom stereocenters. The molecule has 0 bridgehead atoms. The van der Waals surface area contributed by atoms with Crippen molar-refractivity contribution in [2.45, 2.75) is 20.0 Å². The van der Waals surface area contributed by atoms with Gasteiger partial charge in [-0.2, -0.15) is 0 Å². The molecule has 0 saturated carbocycles. The number of hydrogen-bond donors (Lipinski definition) is 3. The first kappa shape index (κ1) is 16.8. The van der Waals surface area contributed by atoms with Gasteiger partial charge in [0.05, 0.1) is 5.56 Å². The van der Waals surface area contributed by atoms with Crippen molar-refractivity contribution >= 4 is 35.2 Å². The Morgan fingerprint density at radius 3 is 2.67 bits per heavy atom. The van der Waals surface area contributed by atoms with Gasteiger partial charge in [0, 0.05) is 17.3 Å². The number of hydrogen-bond acceptors (Lipinski definition) is 5. The molecule has 0 spiro atoms. The number of benzene rings is 1. The highest BCUT2D eigenvalue weighted by Gasteiger charge is 2.21. The van der Waals surface area contributed by atoms with Crippen LogP contribution in [-0.2, 0) is 9.53 Å². The molecule has 21 heavy (non-hydrogen) atoms. The van der Waals surface area contributed by atoms with E-state index >= 15 is 0 Å². The number of nitrogens with two attached hydrogens (primary N) is 1. The number of rotatable bonds is 4. The third-order valence-corrected chi connectivity index (χ3v) is 2.70. The number of nitrogens with one attached hydrogen (secondary N) is 2. The molecule has 114 valence electrons. The lowest BCUT2D eigenvalue weighted by atomic mass is 10.2. The molecule has 1 atom stereocenters. The number of imide groups is 1. The third kappa shape index (κ3) is 4.96. The van der Waals surface area contributed by atoms with Gasteiger partial charge in [-0.15, -0.1) is 0 Å². The van der Waals surface area contributed by atoms with Crippen molar-refractivity contribution in [1.82, 2.24) is 10.6 Å². The summed E-state index contributed by atoms with van der Waals surface area (Å²) < 4.78 is 4.94. The van der Waals surface area contributed by atoms with Gasteiger partial charge in [-0.05, 0) is 32.0 Å². The minimum atomic E-state index is -1.15. The van der Waals surface area contributed by atoms with Crippen LogP contribution in [-0.4, -0.2) is 30.6 Å². The standard InChI is InChI=1S/C13H16ClN3O4/c1-3-16-13(20)17-11(18)7(2)21-12(19)9-6-8(14)4-5-10(9)15/h4-7H,3,15H2,1-2H3,(H2,16,17,18,20). The Labute approximate surface area is 126 Å². The van der Waals surface area contributed by atoms with Crippen molar-refractivity contribution < 1.29 is 19.1 Å². The van der Waals surface area contributed by atoms with Crippen molar-refractivity contribution in [3.8, 4) is 0 Å². The predicted octanol–water partition coefficient (Wildman–Crippen LogP) is 1.31. The molecule has 0 aliphatic heterocycles. The molecule has 1 aromatic rings. The van der Waals surface area contributed by atoms with Crippen LogP contribution in [0, 0.1) is 0 Å². The Morgan fingerprint density at radius 2 is 2.05 bits per heavy atom. The summed E-state index contributed by atoms with van der Waals surface area (Å²) in [6.45, 7) is 3.41. The number of carbonyl (C=O) groups excluding carboxylic acids is 3. The summed E-state index contributed by atoms with van der Waals surface area (Å²) in [5, 5.41) is 4.74. The molecule has 7 nitrogen and oxygen atoms in total. The van der Waals surface area contributed by atoms with Crippen molar-refractivity contribution in [3.05, 3.63) is 28.8 Å². The van der Waals surface area contributed by atoms with Gasteiger partial charge in [-0.3, -0.25) is 10.1 Å². The molecular weight excluding hydrogens is 298 g/mol. The largest absolute Gasteiger partial charge is 0.449 e. The molecule has 8 heteroatoms. The molecule has 0 aromatic heterocycles. The first-order chi connectivity index (χ1) is 9.85. The predicted molar refractivity (Wildman–Crippen MR) is 78.0 cm³/mol. The number of ether oxygens (including phenoxy) is 1. The zero-order valence-electron chi connectivity index (χ0n) is 11.6. The van der Waals surface area contributed by atoms with E-state index in [1.807, 2.05) is 5.32 Å². The Morgan fingerprint density at radius 1 is 1.38 bits per heavy atom. The average molecular weight is 314 g/mol. The second-order valence-corrected chi connectivity index (χ2v) is 4.56. The van der Waals surface area contributed by atoms with Crippen LogP contribution in [0.15, 0.2) is 18.2 Å². The molecule has 3 amide bonds. The Balaban J connectivity index is 2.67. The van der Waals surface area contributed by atoms with Gasteiger partial charge in [0.25, 0.3) is 5.91 Å². The lowest BCUT2D eigenvalue weighted by molar-refractivity contribution is -0.127. The summed E-state index contributed by atoms with van der Waals surface area (Å²) in [4.78, 5) is 34.7. The van der Waals surface area contributed by atoms with E-state index in [1.54, 1.807) is 6.92 Å². The monoisotopic (exact) mass is 313 g/mol. The van der Waals surface area contributed by atoms with Crippen LogP contribution >= 0.6 is 11.6 Å². The van der Waals surface area contributed by atoms with Crippen molar-refractivity contribution in [3.63, 3.8) is 0 Å². The molecule has 0 saturated heterocycles. The van der Waals surface area contributed by atoms with Crippen LogP contribution in [0.1, 0.15) is 24.2 Å². The number of halogens is 1. The van der Waals surface area contributed by atoms with Crippen LogP contribution in [0.25, 0.3) is 0 Å². The van der Waals surface area contributed by atoms with Crippen LogP contribution in [0.5, 0.6) is 0 Å². The fourth-order valence-electron chi connectivity index (χ4n) is 1.40. The summed E-state index contributed by atoms with van der Waals surface area (Å²) in [5.74, 6) is -1.54. The maximum Gasteiger partial charge on any atom is 0.341 e. The number of anilines is 1. The molecule has 4 N–H and O–H groups in total. The van der Waals surface area contributed by atoms with Crippen LogP contribution in [0.3, 0.4) is 0 Å².